The molecule has 1 atom stereocenters. The van der Waals surface area contributed by atoms with Gasteiger partial charge in [0.2, 0.25) is 5.88 Å². The van der Waals surface area contributed by atoms with E-state index in [9.17, 15) is 13.2 Å². The molecule has 1 amide bonds. The Balaban J connectivity index is 1.44. The first-order valence-electron chi connectivity index (χ1n) is 11.6. The Hall–Kier alpha value is -1.98. The fourth-order valence-corrected chi connectivity index (χ4v) is 6.34. The number of hydrogen-bond donors (Lipinski definition) is 0. The van der Waals surface area contributed by atoms with Crippen molar-refractivity contribution in [2.24, 2.45) is 0 Å². The average Bonchev–Trinajstić information content (AvgIpc) is 3.30. The molecule has 11 heteroatoms. The lowest BCUT2D eigenvalue weighted by Crippen LogP contribution is -2.43. The molecule has 2 aromatic heterocycles. The Kier molecular flexibility index (Phi) is 7.08. The molecule has 9 nitrogen and oxygen atoms in total. The number of aromatic nitrogens is 2. The Labute approximate surface area is 204 Å². The lowest BCUT2D eigenvalue weighted by Gasteiger charge is -2.35. The van der Waals surface area contributed by atoms with Crippen molar-refractivity contribution in [3.8, 4) is 5.88 Å². The first-order valence-corrected chi connectivity index (χ1v) is 14.3. The third-order valence-electron chi connectivity index (χ3n) is 6.33. The third-order valence-corrected chi connectivity index (χ3v) is 8.07. The van der Waals surface area contributed by atoms with Gasteiger partial charge in [0.25, 0.3) is 10.1 Å². The maximum atomic E-state index is 12.4. The Morgan fingerprint density at radius 3 is 2.53 bits per heavy atom. The first-order chi connectivity index (χ1) is 15.9. The van der Waals surface area contributed by atoms with E-state index >= 15 is 0 Å². The van der Waals surface area contributed by atoms with Gasteiger partial charge in [-0.1, -0.05) is 0 Å². The molecule has 0 unspecified atom stereocenters. The lowest BCUT2D eigenvalue weighted by molar-refractivity contribution is 0.0137. The van der Waals surface area contributed by atoms with Gasteiger partial charge in [0.05, 0.1) is 18.2 Å². The fourth-order valence-electron chi connectivity index (χ4n) is 4.69. The number of aryl methyl sites for hydroxylation is 1. The standard InChI is InChI=1S/C23H33N3O6S2/c1-23(2,3)32-22(27)26(4)15-7-9-16(10-8-15)31-20-19-18-14(12-30-34(5,28)29)6-11-17(18)33-21(19)25-13-24-20/h13-16H,6-12H2,1-5H3/t14-,15-,16-/m1/s1. The van der Waals surface area contributed by atoms with Crippen LogP contribution in [-0.2, 0) is 25.5 Å². The molecule has 1 saturated carbocycles. The van der Waals surface area contributed by atoms with Gasteiger partial charge >= 0.3 is 6.09 Å². The zero-order chi connectivity index (χ0) is 24.7. The molecule has 0 radical (unpaired) electrons. The van der Waals surface area contributed by atoms with Crippen LogP contribution in [0.25, 0.3) is 10.2 Å². The Morgan fingerprint density at radius 1 is 1.18 bits per heavy atom. The molecule has 0 aliphatic heterocycles. The monoisotopic (exact) mass is 511 g/mol. The van der Waals surface area contributed by atoms with Crippen LogP contribution in [0, 0.1) is 0 Å². The third kappa shape index (κ3) is 5.80. The second kappa shape index (κ2) is 9.58. The molecule has 0 bridgehead atoms. The molecule has 0 saturated heterocycles. The van der Waals surface area contributed by atoms with Crippen LogP contribution < -0.4 is 4.74 Å². The summed E-state index contributed by atoms with van der Waals surface area (Å²) in [5.74, 6) is 0.530. The van der Waals surface area contributed by atoms with E-state index in [-0.39, 0.29) is 30.8 Å². The van der Waals surface area contributed by atoms with Crippen LogP contribution in [0.5, 0.6) is 5.88 Å². The number of thiophene rings is 1. The molecular weight excluding hydrogens is 478 g/mol. The topological polar surface area (TPSA) is 108 Å². The quantitative estimate of drug-likeness (QED) is 0.530. The molecule has 0 spiro atoms. The minimum Gasteiger partial charge on any atom is -0.474 e. The summed E-state index contributed by atoms with van der Waals surface area (Å²) >= 11 is 1.62. The van der Waals surface area contributed by atoms with E-state index in [1.165, 1.54) is 11.2 Å². The predicted molar refractivity (Wildman–Crippen MR) is 130 cm³/mol. The Morgan fingerprint density at radius 2 is 1.88 bits per heavy atom. The van der Waals surface area contributed by atoms with E-state index in [0.29, 0.717) is 5.88 Å². The van der Waals surface area contributed by atoms with Crippen LogP contribution in [0.2, 0.25) is 0 Å². The van der Waals surface area contributed by atoms with Gasteiger partial charge in [-0.25, -0.2) is 14.8 Å². The molecule has 2 heterocycles. The van der Waals surface area contributed by atoms with Crippen molar-refractivity contribution < 1.29 is 26.9 Å². The van der Waals surface area contributed by atoms with Gasteiger partial charge in [0.1, 0.15) is 22.9 Å². The van der Waals surface area contributed by atoms with Crippen molar-refractivity contribution in [2.45, 2.75) is 83.0 Å². The smallest absolute Gasteiger partial charge is 0.410 e. The summed E-state index contributed by atoms with van der Waals surface area (Å²) in [6, 6.07) is 0.114. The van der Waals surface area contributed by atoms with E-state index in [1.54, 1.807) is 23.3 Å². The van der Waals surface area contributed by atoms with Gasteiger partial charge in [-0.2, -0.15) is 8.42 Å². The summed E-state index contributed by atoms with van der Waals surface area (Å²) in [7, 11) is -1.72. The van der Waals surface area contributed by atoms with Gasteiger partial charge < -0.3 is 14.4 Å². The summed E-state index contributed by atoms with van der Waals surface area (Å²) in [4.78, 5) is 25.0. The van der Waals surface area contributed by atoms with Gasteiger partial charge in [0.15, 0.2) is 0 Å². The van der Waals surface area contributed by atoms with Crippen molar-refractivity contribution in [3.63, 3.8) is 0 Å². The molecule has 1 fully saturated rings. The molecule has 0 aromatic carbocycles. The fraction of sp³-hybridized carbons (Fsp3) is 0.696. The van der Waals surface area contributed by atoms with Crippen molar-refractivity contribution in [2.75, 3.05) is 19.9 Å². The minimum absolute atomic E-state index is 0.0101. The van der Waals surface area contributed by atoms with Crippen molar-refractivity contribution in [1.82, 2.24) is 14.9 Å². The summed E-state index contributed by atoms with van der Waals surface area (Å²) in [5, 5.41) is 0.884. The normalized spacial score (nSPS) is 23.0. The highest BCUT2D eigenvalue weighted by molar-refractivity contribution is 7.85. The molecule has 2 aliphatic rings. The van der Waals surface area contributed by atoms with E-state index in [0.717, 1.165) is 60.6 Å². The molecule has 4 rings (SSSR count). The van der Waals surface area contributed by atoms with Crippen LogP contribution in [0.4, 0.5) is 4.79 Å². The second-order valence-corrected chi connectivity index (χ2v) is 12.9. The van der Waals surface area contributed by atoms with E-state index in [1.807, 2.05) is 20.8 Å². The van der Waals surface area contributed by atoms with E-state index < -0.39 is 15.7 Å². The highest BCUT2D eigenvalue weighted by Gasteiger charge is 2.33. The number of carbonyl (C=O) groups excluding carboxylic acids is 1. The van der Waals surface area contributed by atoms with Crippen LogP contribution >= 0.6 is 11.3 Å². The maximum Gasteiger partial charge on any atom is 0.410 e. The highest BCUT2D eigenvalue weighted by Crippen LogP contribution is 2.46. The van der Waals surface area contributed by atoms with Crippen LogP contribution in [0.15, 0.2) is 6.33 Å². The largest absolute Gasteiger partial charge is 0.474 e. The number of amides is 1. The van der Waals surface area contributed by atoms with Crippen LogP contribution in [-0.4, -0.2) is 67.0 Å². The van der Waals surface area contributed by atoms with Gasteiger partial charge in [-0.05, 0) is 64.9 Å². The van der Waals surface area contributed by atoms with Crippen molar-refractivity contribution in [1.29, 1.82) is 0 Å². The van der Waals surface area contributed by atoms with Gasteiger partial charge in [-0.3, -0.25) is 4.18 Å². The minimum atomic E-state index is -3.51. The van der Waals surface area contributed by atoms with Crippen LogP contribution in [0.1, 0.15) is 69.2 Å². The molecule has 2 aromatic rings. The van der Waals surface area contributed by atoms with Crippen molar-refractivity contribution >= 4 is 37.8 Å². The van der Waals surface area contributed by atoms with Gasteiger partial charge in [-0.15, -0.1) is 11.3 Å². The second-order valence-electron chi connectivity index (χ2n) is 10.2. The number of hydrogen-bond acceptors (Lipinski definition) is 9. The zero-order valence-electron chi connectivity index (χ0n) is 20.4. The number of nitrogens with zero attached hydrogens (tertiary/aromatic N) is 3. The van der Waals surface area contributed by atoms with E-state index in [2.05, 4.69) is 9.97 Å². The predicted octanol–water partition coefficient (Wildman–Crippen LogP) is 4.25. The highest BCUT2D eigenvalue weighted by atomic mass is 32.2. The Bertz CT molecular complexity index is 1150. The maximum absolute atomic E-state index is 12.4. The molecule has 2 aliphatic carbocycles. The number of rotatable bonds is 6. The average molecular weight is 512 g/mol. The van der Waals surface area contributed by atoms with E-state index in [4.69, 9.17) is 13.7 Å². The summed E-state index contributed by atoms with van der Waals surface area (Å²) in [6.07, 6.45) is 7.23. The van der Waals surface area contributed by atoms with Gasteiger partial charge in [0, 0.05) is 23.9 Å². The number of fused-ring (bicyclic) bond motifs is 3. The summed E-state index contributed by atoms with van der Waals surface area (Å²) < 4.78 is 40.0. The van der Waals surface area contributed by atoms with Crippen LogP contribution in [0.3, 0.4) is 0 Å². The number of ether oxygens (including phenoxy) is 2. The SMILES string of the molecule is CN(C(=O)OC(C)(C)C)[C@H]1CC[C@H](Oc2ncnc3sc4c(c23)[C@@H](COS(C)(=O)=O)CC4)CC1. The van der Waals surface area contributed by atoms with Crippen molar-refractivity contribution in [3.05, 3.63) is 16.8 Å². The number of carbonyl (C=O) groups is 1. The molecule has 0 N–H and O–H groups in total. The molecule has 188 valence electrons. The lowest BCUT2D eigenvalue weighted by atomic mass is 9.92. The first kappa shape index (κ1) is 25.1. The molecule has 34 heavy (non-hydrogen) atoms. The molecular formula is C23H33N3O6S2. The summed E-state index contributed by atoms with van der Waals surface area (Å²) in [6.45, 7) is 5.72. The zero-order valence-corrected chi connectivity index (χ0v) is 22.0. The summed E-state index contributed by atoms with van der Waals surface area (Å²) in [5.41, 5.74) is 0.548.